The molecule has 16 heavy (non-hydrogen) atoms. The van der Waals surface area contributed by atoms with E-state index in [-0.39, 0.29) is 0 Å². The highest BCUT2D eigenvalue weighted by atomic mass is 32.2. The Morgan fingerprint density at radius 1 is 1.38 bits per heavy atom. The molecule has 1 heterocycles. The molecule has 0 atom stereocenters. The summed E-state index contributed by atoms with van der Waals surface area (Å²) in [4.78, 5) is 0.732. The van der Waals surface area contributed by atoms with Crippen molar-refractivity contribution in [3.05, 3.63) is 28.7 Å². The smallest absolute Gasteiger partial charge is 0.204 e. The summed E-state index contributed by atoms with van der Waals surface area (Å²) in [5, 5.41) is 2.85. The zero-order chi connectivity index (χ0) is 11.8. The summed E-state index contributed by atoms with van der Waals surface area (Å²) in [5.74, 6) is 0.557. The van der Waals surface area contributed by atoms with Crippen molar-refractivity contribution < 1.29 is 13.2 Å². The normalized spacial score (nSPS) is 16.8. The number of hydrogen-bond donors (Lipinski definition) is 1. The number of fused-ring (bicyclic) bond motifs is 1. The molecule has 0 spiro atoms. The van der Waals surface area contributed by atoms with Gasteiger partial charge in [-0.2, -0.15) is 0 Å². The lowest BCUT2D eigenvalue weighted by Crippen LogP contribution is -2.15. The SMILES string of the molecule is CNCC1=Cc2ccc(OC)cc2S1(=O)=O. The third kappa shape index (κ3) is 1.62. The summed E-state index contributed by atoms with van der Waals surface area (Å²) in [5.41, 5.74) is 0.728. The van der Waals surface area contributed by atoms with Gasteiger partial charge in [-0.15, -0.1) is 0 Å². The molecule has 1 aliphatic heterocycles. The average molecular weight is 239 g/mol. The van der Waals surface area contributed by atoms with E-state index in [1.165, 1.54) is 7.11 Å². The van der Waals surface area contributed by atoms with Crippen LogP contribution in [-0.2, 0) is 9.84 Å². The Hall–Kier alpha value is -1.33. The lowest BCUT2D eigenvalue weighted by atomic mass is 10.2. The maximum absolute atomic E-state index is 12.1. The molecule has 0 aromatic heterocycles. The third-order valence-corrected chi connectivity index (χ3v) is 4.41. The van der Waals surface area contributed by atoms with Gasteiger partial charge in [0.1, 0.15) is 5.75 Å². The van der Waals surface area contributed by atoms with Crippen LogP contribution >= 0.6 is 0 Å². The highest BCUT2D eigenvalue weighted by Gasteiger charge is 2.29. The summed E-state index contributed by atoms with van der Waals surface area (Å²) in [6.07, 6.45) is 1.70. The molecule has 0 saturated heterocycles. The molecular weight excluding hydrogens is 226 g/mol. The van der Waals surface area contributed by atoms with Crippen LogP contribution in [0.5, 0.6) is 5.75 Å². The molecule has 0 amide bonds. The molecule has 0 aliphatic carbocycles. The molecule has 5 heteroatoms. The van der Waals surface area contributed by atoms with Crippen LogP contribution in [0.4, 0.5) is 0 Å². The third-order valence-electron chi connectivity index (χ3n) is 2.52. The lowest BCUT2D eigenvalue weighted by molar-refractivity contribution is 0.413. The second kappa shape index (κ2) is 3.92. The molecule has 0 saturated carbocycles. The topological polar surface area (TPSA) is 55.4 Å². The van der Waals surface area contributed by atoms with Gasteiger partial charge in [-0.3, -0.25) is 0 Å². The van der Waals surface area contributed by atoms with Gasteiger partial charge in [-0.25, -0.2) is 8.42 Å². The minimum atomic E-state index is -3.32. The summed E-state index contributed by atoms with van der Waals surface area (Å²) in [6.45, 7) is 0.347. The number of hydrogen-bond acceptors (Lipinski definition) is 4. The number of nitrogens with one attached hydrogen (secondary N) is 1. The van der Waals surface area contributed by atoms with Gasteiger partial charge in [0, 0.05) is 6.54 Å². The molecule has 86 valence electrons. The standard InChI is InChI=1S/C11H13NO3S/c1-12-7-10-5-8-3-4-9(15-2)6-11(8)16(10,13)14/h3-6,12H,7H2,1-2H3. The largest absolute Gasteiger partial charge is 0.497 e. The molecule has 1 aromatic carbocycles. The Balaban J connectivity index is 2.53. The van der Waals surface area contributed by atoms with Gasteiger partial charge in [-0.1, -0.05) is 0 Å². The first kappa shape index (κ1) is 11.2. The van der Waals surface area contributed by atoms with Crippen LogP contribution in [0.3, 0.4) is 0 Å². The van der Waals surface area contributed by atoms with Crippen molar-refractivity contribution in [2.45, 2.75) is 4.90 Å². The minimum absolute atomic E-state index is 0.331. The lowest BCUT2D eigenvalue weighted by Gasteiger charge is -2.04. The minimum Gasteiger partial charge on any atom is -0.497 e. The number of likely N-dealkylation sites (N-methyl/N-ethyl adjacent to an activating group) is 1. The van der Waals surface area contributed by atoms with Crippen molar-refractivity contribution in [3.63, 3.8) is 0 Å². The van der Waals surface area contributed by atoms with Gasteiger partial charge in [0.05, 0.1) is 16.9 Å². The first-order valence-electron chi connectivity index (χ1n) is 4.88. The van der Waals surface area contributed by atoms with E-state index < -0.39 is 9.84 Å². The van der Waals surface area contributed by atoms with Crippen LogP contribution < -0.4 is 10.1 Å². The Labute approximate surface area is 94.8 Å². The van der Waals surface area contributed by atoms with E-state index >= 15 is 0 Å². The summed E-state index contributed by atoms with van der Waals surface area (Å²) >= 11 is 0. The second-order valence-corrected chi connectivity index (χ2v) is 5.52. The summed E-state index contributed by atoms with van der Waals surface area (Å²) in [6, 6.07) is 5.07. The Morgan fingerprint density at radius 2 is 2.12 bits per heavy atom. The Morgan fingerprint density at radius 3 is 2.75 bits per heavy atom. The van der Waals surface area contributed by atoms with Crippen LogP contribution in [0.15, 0.2) is 28.0 Å². The fraction of sp³-hybridized carbons (Fsp3) is 0.273. The van der Waals surface area contributed by atoms with E-state index in [1.54, 1.807) is 31.3 Å². The number of rotatable bonds is 3. The second-order valence-electron chi connectivity index (χ2n) is 3.55. The zero-order valence-corrected chi connectivity index (χ0v) is 9.97. The predicted molar refractivity (Wildman–Crippen MR) is 62.1 cm³/mol. The van der Waals surface area contributed by atoms with E-state index in [0.29, 0.717) is 22.1 Å². The van der Waals surface area contributed by atoms with Gasteiger partial charge in [0.2, 0.25) is 9.84 Å². The molecule has 4 nitrogen and oxygen atoms in total. The molecule has 0 unspecified atom stereocenters. The molecule has 0 radical (unpaired) electrons. The molecule has 0 bridgehead atoms. The van der Waals surface area contributed by atoms with E-state index in [2.05, 4.69) is 5.32 Å². The van der Waals surface area contributed by atoms with Gasteiger partial charge in [0.15, 0.2) is 0 Å². The summed E-state index contributed by atoms with van der Waals surface area (Å²) in [7, 11) is -0.0813. The number of sulfone groups is 1. The van der Waals surface area contributed by atoms with Gasteiger partial charge in [-0.05, 0) is 36.9 Å². The maximum atomic E-state index is 12.1. The van der Waals surface area contributed by atoms with Crippen LogP contribution in [0.2, 0.25) is 0 Å². The number of benzene rings is 1. The van der Waals surface area contributed by atoms with E-state index in [9.17, 15) is 8.42 Å². The molecular formula is C11H13NO3S. The van der Waals surface area contributed by atoms with E-state index in [1.807, 2.05) is 0 Å². The first-order valence-corrected chi connectivity index (χ1v) is 6.36. The van der Waals surface area contributed by atoms with Crippen molar-refractivity contribution in [3.8, 4) is 5.75 Å². The fourth-order valence-corrected chi connectivity index (χ4v) is 3.31. The van der Waals surface area contributed by atoms with Crippen LogP contribution in [-0.4, -0.2) is 29.1 Å². The van der Waals surface area contributed by atoms with Crippen LogP contribution in [0, 0.1) is 0 Å². The predicted octanol–water partition coefficient (Wildman–Crippen LogP) is 1.04. The highest BCUT2D eigenvalue weighted by Crippen LogP contribution is 2.34. The van der Waals surface area contributed by atoms with Gasteiger partial charge < -0.3 is 10.1 Å². The molecule has 1 aliphatic rings. The van der Waals surface area contributed by atoms with E-state index in [0.717, 1.165) is 5.56 Å². The van der Waals surface area contributed by atoms with Crippen molar-refractivity contribution >= 4 is 15.9 Å². The summed E-state index contributed by atoms with van der Waals surface area (Å²) < 4.78 is 29.2. The molecule has 2 rings (SSSR count). The van der Waals surface area contributed by atoms with Crippen LogP contribution in [0.25, 0.3) is 6.08 Å². The molecule has 1 N–H and O–H groups in total. The van der Waals surface area contributed by atoms with Crippen molar-refractivity contribution in [2.24, 2.45) is 0 Å². The first-order chi connectivity index (χ1) is 7.59. The van der Waals surface area contributed by atoms with Crippen molar-refractivity contribution in [1.29, 1.82) is 0 Å². The Kier molecular flexibility index (Phi) is 2.73. The Bertz CT molecular complexity index is 546. The van der Waals surface area contributed by atoms with Crippen molar-refractivity contribution in [1.82, 2.24) is 5.32 Å². The zero-order valence-electron chi connectivity index (χ0n) is 9.15. The highest BCUT2D eigenvalue weighted by molar-refractivity contribution is 7.95. The maximum Gasteiger partial charge on any atom is 0.204 e. The van der Waals surface area contributed by atoms with Gasteiger partial charge >= 0.3 is 0 Å². The fourth-order valence-electron chi connectivity index (χ4n) is 1.71. The van der Waals surface area contributed by atoms with Crippen LogP contribution in [0.1, 0.15) is 5.56 Å². The monoisotopic (exact) mass is 239 g/mol. The number of ether oxygens (including phenoxy) is 1. The number of methoxy groups -OCH3 is 1. The molecule has 0 fully saturated rings. The van der Waals surface area contributed by atoms with Crippen molar-refractivity contribution in [2.75, 3.05) is 20.7 Å². The average Bonchev–Trinajstić information content (AvgIpc) is 2.51. The molecule has 1 aromatic rings. The van der Waals surface area contributed by atoms with E-state index in [4.69, 9.17) is 4.74 Å². The van der Waals surface area contributed by atoms with Gasteiger partial charge in [0.25, 0.3) is 0 Å². The quantitative estimate of drug-likeness (QED) is 0.856.